The fraction of sp³-hybridized carbons (Fsp3) is 0.316. The number of sulfonamides is 1. The molecule has 0 aliphatic carbocycles. The minimum Gasteiger partial charge on any atom is -0.492 e. The van der Waals surface area contributed by atoms with Crippen molar-refractivity contribution < 1.29 is 17.9 Å². The van der Waals surface area contributed by atoms with Crippen LogP contribution < -0.4 is 14.8 Å². The maximum absolute atomic E-state index is 12.6. The maximum Gasteiger partial charge on any atom is 0.242 e. The first-order chi connectivity index (χ1) is 12.7. The van der Waals surface area contributed by atoms with Crippen molar-refractivity contribution in [3.05, 3.63) is 52.5 Å². The van der Waals surface area contributed by atoms with Gasteiger partial charge in [0.25, 0.3) is 0 Å². The fourth-order valence-corrected chi connectivity index (χ4v) is 3.93. The summed E-state index contributed by atoms with van der Waals surface area (Å²) in [7, 11) is -3.92. The van der Waals surface area contributed by atoms with E-state index in [-0.39, 0.29) is 9.92 Å². The van der Waals surface area contributed by atoms with E-state index in [1.54, 1.807) is 13.0 Å². The van der Waals surface area contributed by atoms with E-state index in [2.05, 4.69) is 10.0 Å². The number of carbonyl (C=O) groups excluding carboxylic acids is 1. The number of hydrogen-bond donors (Lipinski definition) is 2. The van der Waals surface area contributed by atoms with Crippen LogP contribution in [0.2, 0.25) is 5.02 Å². The molecule has 0 fully saturated rings. The Kier molecular flexibility index (Phi) is 6.86. The number of amides is 1. The number of carbonyl (C=O) groups is 1. The van der Waals surface area contributed by atoms with Crippen molar-refractivity contribution in [2.75, 3.05) is 11.9 Å². The number of aryl methyl sites for hydroxylation is 1. The van der Waals surface area contributed by atoms with Crippen molar-refractivity contribution in [3.63, 3.8) is 0 Å². The summed E-state index contributed by atoms with van der Waals surface area (Å²) in [4.78, 5) is 12.4. The molecule has 0 aliphatic heterocycles. The number of nitrogens with one attached hydrogen (secondary N) is 2. The van der Waals surface area contributed by atoms with Gasteiger partial charge in [-0.2, -0.15) is 4.72 Å². The van der Waals surface area contributed by atoms with Crippen LogP contribution in [0.1, 0.15) is 25.0 Å². The minimum absolute atomic E-state index is 0.0395. The van der Waals surface area contributed by atoms with Crippen LogP contribution in [0.5, 0.6) is 5.75 Å². The molecule has 2 rings (SSSR count). The van der Waals surface area contributed by atoms with Crippen LogP contribution in [-0.4, -0.2) is 27.0 Å². The predicted octanol–water partition coefficient (Wildman–Crippen LogP) is 3.66. The zero-order chi connectivity index (χ0) is 20.2. The largest absolute Gasteiger partial charge is 0.492 e. The molecule has 8 heteroatoms. The molecule has 27 heavy (non-hydrogen) atoms. The van der Waals surface area contributed by atoms with Gasteiger partial charge in [-0.15, -0.1) is 0 Å². The number of rotatable bonds is 7. The van der Waals surface area contributed by atoms with Crippen molar-refractivity contribution in [1.82, 2.24) is 4.72 Å². The lowest BCUT2D eigenvalue weighted by Crippen LogP contribution is -2.41. The average Bonchev–Trinajstić information content (AvgIpc) is 2.60. The molecule has 0 heterocycles. The molecule has 0 aliphatic rings. The van der Waals surface area contributed by atoms with Crippen LogP contribution in [0.15, 0.2) is 41.3 Å². The highest BCUT2D eigenvalue weighted by atomic mass is 35.5. The van der Waals surface area contributed by atoms with E-state index in [9.17, 15) is 13.2 Å². The SMILES string of the molecule is CCOc1ccc(S(=O)(=O)N[C@@H](C)C(=O)Nc2cccc(C)c2C)cc1Cl. The van der Waals surface area contributed by atoms with E-state index in [0.29, 0.717) is 18.0 Å². The van der Waals surface area contributed by atoms with Gasteiger partial charge in [-0.3, -0.25) is 4.79 Å². The van der Waals surface area contributed by atoms with E-state index in [1.807, 2.05) is 26.0 Å². The normalized spacial score (nSPS) is 12.5. The Balaban J connectivity index is 2.13. The Morgan fingerprint density at radius 1 is 1.22 bits per heavy atom. The van der Waals surface area contributed by atoms with Crippen LogP contribution in [0, 0.1) is 13.8 Å². The van der Waals surface area contributed by atoms with Gasteiger partial charge < -0.3 is 10.1 Å². The van der Waals surface area contributed by atoms with Crippen LogP contribution in [-0.2, 0) is 14.8 Å². The van der Waals surface area contributed by atoms with Gasteiger partial charge in [0.1, 0.15) is 5.75 Å². The van der Waals surface area contributed by atoms with Gasteiger partial charge in [0.15, 0.2) is 0 Å². The van der Waals surface area contributed by atoms with Gasteiger partial charge in [0.2, 0.25) is 15.9 Å². The summed E-state index contributed by atoms with van der Waals surface area (Å²) in [6.07, 6.45) is 0. The van der Waals surface area contributed by atoms with Gasteiger partial charge in [0, 0.05) is 5.69 Å². The molecule has 2 aromatic rings. The Bertz CT molecular complexity index is 945. The molecule has 1 atom stereocenters. The third kappa shape index (κ3) is 5.22. The molecular weight excluding hydrogens is 388 g/mol. The number of hydrogen-bond acceptors (Lipinski definition) is 4. The molecule has 6 nitrogen and oxygen atoms in total. The molecule has 0 unspecified atom stereocenters. The summed E-state index contributed by atoms with van der Waals surface area (Å²) in [5.74, 6) is -0.0526. The van der Waals surface area contributed by atoms with E-state index < -0.39 is 22.0 Å². The van der Waals surface area contributed by atoms with Gasteiger partial charge in [-0.25, -0.2) is 8.42 Å². The van der Waals surface area contributed by atoms with Crippen molar-refractivity contribution in [3.8, 4) is 5.75 Å². The van der Waals surface area contributed by atoms with Crippen molar-refractivity contribution in [2.45, 2.75) is 38.6 Å². The number of halogens is 1. The highest BCUT2D eigenvalue weighted by Gasteiger charge is 2.23. The summed E-state index contributed by atoms with van der Waals surface area (Å²) in [5.41, 5.74) is 2.61. The van der Waals surface area contributed by atoms with Crippen molar-refractivity contribution in [2.24, 2.45) is 0 Å². The lowest BCUT2D eigenvalue weighted by molar-refractivity contribution is -0.117. The van der Waals surface area contributed by atoms with Crippen LogP contribution in [0.3, 0.4) is 0 Å². The Labute approximate surface area is 164 Å². The van der Waals surface area contributed by atoms with Crippen molar-refractivity contribution in [1.29, 1.82) is 0 Å². The fourth-order valence-electron chi connectivity index (χ4n) is 2.40. The van der Waals surface area contributed by atoms with Crippen LogP contribution in [0.4, 0.5) is 5.69 Å². The first kappa shape index (κ1) is 21.2. The summed E-state index contributed by atoms with van der Waals surface area (Å²) >= 11 is 6.06. The number of anilines is 1. The minimum atomic E-state index is -3.92. The Morgan fingerprint density at radius 3 is 2.56 bits per heavy atom. The lowest BCUT2D eigenvalue weighted by atomic mass is 10.1. The smallest absolute Gasteiger partial charge is 0.242 e. The summed E-state index contributed by atoms with van der Waals surface area (Å²) in [6, 6.07) is 8.73. The summed E-state index contributed by atoms with van der Waals surface area (Å²) < 4.78 is 32.8. The maximum atomic E-state index is 12.6. The van der Waals surface area contributed by atoms with Gasteiger partial charge in [-0.1, -0.05) is 23.7 Å². The Hall–Kier alpha value is -2.09. The van der Waals surface area contributed by atoms with E-state index in [4.69, 9.17) is 16.3 Å². The predicted molar refractivity (Wildman–Crippen MR) is 107 cm³/mol. The standard InChI is InChI=1S/C19H23ClN2O4S/c1-5-26-18-10-9-15(11-16(18)20)27(24,25)22-14(4)19(23)21-17-8-6-7-12(2)13(17)3/h6-11,14,22H,5H2,1-4H3,(H,21,23)/t14-/m0/s1. The molecule has 0 saturated carbocycles. The second-order valence-corrected chi connectivity index (χ2v) is 8.23. The lowest BCUT2D eigenvalue weighted by Gasteiger charge is -2.16. The highest BCUT2D eigenvalue weighted by Crippen LogP contribution is 2.27. The molecule has 146 valence electrons. The molecule has 2 N–H and O–H groups in total. The van der Waals surface area contributed by atoms with Crippen LogP contribution >= 0.6 is 11.6 Å². The first-order valence-corrected chi connectivity index (χ1v) is 10.3. The molecule has 0 saturated heterocycles. The molecule has 0 spiro atoms. The molecule has 0 radical (unpaired) electrons. The van der Waals surface area contributed by atoms with Gasteiger partial charge in [0.05, 0.1) is 22.6 Å². The van der Waals surface area contributed by atoms with E-state index in [0.717, 1.165) is 11.1 Å². The van der Waals surface area contributed by atoms with Gasteiger partial charge in [-0.05, 0) is 63.1 Å². The summed E-state index contributed by atoms with van der Waals surface area (Å²) in [5, 5.41) is 2.94. The molecule has 2 aromatic carbocycles. The third-order valence-electron chi connectivity index (χ3n) is 4.10. The Morgan fingerprint density at radius 2 is 1.93 bits per heavy atom. The second-order valence-electron chi connectivity index (χ2n) is 6.10. The summed E-state index contributed by atoms with van der Waals surface area (Å²) in [6.45, 7) is 7.53. The molecule has 0 bridgehead atoms. The monoisotopic (exact) mass is 410 g/mol. The number of benzene rings is 2. The average molecular weight is 411 g/mol. The van der Waals surface area contributed by atoms with E-state index >= 15 is 0 Å². The van der Waals surface area contributed by atoms with Crippen molar-refractivity contribution >= 4 is 33.2 Å². The van der Waals surface area contributed by atoms with Crippen LogP contribution in [0.25, 0.3) is 0 Å². The second kappa shape index (κ2) is 8.73. The third-order valence-corrected chi connectivity index (χ3v) is 5.93. The molecule has 0 aromatic heterocycles. The molecular formula is C19H23ClN2O4S. The number of ether oxygens (including phenoxy) is 1. The highest BCUT2D eigenvalue weighted by molar-refractivity contribution is 7.89. The van der Waals surface area contributed by atoms with E-state index in [1.165, 1.54) is 25.1 Å². The quantitative estimate of drug-likeness (QED) is 0.729. The molecule has 1 amide bonds. The zero-order valence-corrected chi connectivity index (χ0v) is 17.2. The zero-order valence-electron chi connectivity index (χ0n) is 15.7. The topological polar surface area (TPSA) is 84.5 Å². The first-order valence-electron chi connectivity index (χ1n) is 8.47. The van der Waals surface area contributed by atoms with Gasteiger partial charge >= 0.3 is 0 Å².